The third-order valence-electron chi connectivity index (χ3n) is 3.83. The van der Waals surface area contributed by atoms with Gasteiger partial charge in [0.15, 0.2) is 5.82 Å². The molecule has 142 valence electrons. The number of rotatable bonds is 5. The van der Waals surface area contributed by atoms with E-state index in [1.54, 1.807) is 4.68 Å². The number of aromatic nitrogens is 4. The summed E-state index contributed by atoms with van der Waals surface area (Å²) >= 11 is 0. The number of sulfonamides is 1. The van der Waals surface area contributed by atoms with Crippen LogP contribution in [0.15, 0.2) is 23.2 Å². The molecular weight excluding hydrogens is 375 g/mol. The molecule has 1 unspecified atom stereocenters. The van der Waals surface area contributed by atoms with E-state index in [0.29, 0.717) is 43.3 Å². The Bertz CT molecular complexity index is 880. The van der Waals surface area contributed by atoms with Crippen molar-refractivity contribution >= 4 is 10.0 Å². The summed E-state index contributed by atoms with van der Waals surface area (Å²) in [6, 6.07) is 0.880. The molecule has 1 atom stereocenters. The van der Waals surface area contributed by atoms with Gasteiger partial charge in [-0.3, -0.25) is 4.98 Å². The number of hydrogen-bond donors (Lipinski definition) is 1. The molecule has 0 saturated heterocycles. The van der Waals surface area contributed by atoms with Gasteiger partial charge in [0.05, 0.1) is 6.04 Å². The number of nitrogens with zero attached hydrogens (tertiary/aromatic N) is 4. The number of aryl methyl sites for hydroxylation is 1. The minimum atomic E-state index is -4.63. The van der Waals surface area contributed by atoms with Gasteiger partial charge in [-0.25, -0.2) is 22.8 Å². The van der Waals surface area contributed by atoms with Crippen molar-refractivity contribution in [2.24, 2.45) is 0 Å². The van der Waals surface area contributed by atoms with Crippen LogP contribution in [0.25, 0.3) is 0 Å². The van der Waals surface area contributed by atoms with Gasteiger partial charge in [0.2, 0.25) is 10.0 Å². The van der Waals surface area contributed by atoms with Crippen LogP contribution < -0.4 is 4.72 Å². The van der Waals surface area contributed by atoms with E-state index in [-0.39, 0.29) is 11.5 Å². The summed E-state index contributed by atoms with van der Waals surface area (Å²) in [5.41, 5.74) is -1.15. The van der Waals surface area contributed by atoms with Crippen molar-refractivity contribution in [3.8, 4) is 0 Å². The van der Waals surface area contributed by atoms with E-state index in [1.165, 1.54) is 7.11 Å². The van der Waals surface area contributed by atoms with Crippen LogP contribution in [0.1, 0.15) is 36.2 Å². The molecule has 0 radical (unpaired) electrons. The number of methoxy groups -OCH3 is 1. The van der Waals surface area contributed by atoms with Gasteiger partial charge in [0.25, 0.3) is 0 Å². The molecule has 12 heteroatoms. The second kappa shape index (κ2) is 6.93. The molecule has 2 aromatic rings. The highest BCUT2D eigenvalue weighted by atomic mass is 32.2. The van der Waals surface area contributed by atoms with Crippen molar-refractivity contribution in [3.05, 3.63) is 35.7 Å². The standard InChI is InChI=1S/C14H16F3N5O3S/c1-25-8-12-19-13-10(3-2-6-22(13)20-12)21-26(23,24)9-4-5-11(18-7-9)14(15,16)17/h4-5,7,10,21H,2-3,6,8H2,1H3. The summed E-state index contributed by atoms with van der Waals surface area (Å²) in [6.45, 7) is 0.800. The summed E-state index contributed by atoms with van der Waals surface area (Å²) in [5.74, 6) is 0.886. The molecule has 0 fully saturated rings. The second-order valence-corrected chi connectivity index (χ2v) is 7.45. The molecule has 0 saturated carbocycles. The van der Waals surface area contributed by atoms with Gasteiger partial charge in [-0.2, -0.15) is 18.3 Å². The number of halogens is 3. The van der Waals surface area contributed by atoms with Crippen molar-refractivity contribution in [1.82, 2.24) is 24.5 Å². The van der Waals surface area contributed by atoms with Gasteiger partial charge in [0.1, 0.15) is 23.0 Å². The lowest BCUT2D eigenvalue weighted by atomic mass is 10.1. The van der Waals surface area contributed by atoms with E-state index < -0.39 is 27.9 Å². The Morgan fingerprint density at radius 1 is 1.38 bits per heavy atom. The van der Waals surface area contributed by atoms with Crippen LogP contribution in [-0.2, 0) is 34.1 Å². The molecule has 1 N–H and O–H groups in total. The van der Waals surface area contributed by atoms with E-state index in [2.05, 4.69) is 19.8 Å². The van der Waals surface area contributed by atoms with Crippen molar-refractivity contribution < 1.29 is 26.3 Å². The number of nitrogens with one attached hydrogen (secondary N) is 1. The van der Waals surface area contributed by atoms with E-state index in [1.807, 2.05) is 0 Å². The van der Waals surface area contributed by atoms with E-state index >= 15 is 0 Å². The van der Waals surface area contributed by atoms with Gasteiger partial charge < -0.3 is 4.74 Å². The van der Waals surface area contributed by atoms with Crippen LogP contribution in [0.4, 0.5) is 13.2 Å². The average Bonchev–Trinajstić information content (AvgIpc) is 2.98. The maximum atomic E-state index is 12.6. The highest BCUT2D eigenvalue weighted by Crippen LogP contribution is 2.29. The molecule has 3 heterocycles. The van der Waals surface area contributed by atoms with Gasteiger partial charge in [-0.15, -0.1) is 0 Å². The lowest BCUT2D eigenvalue weighted by molar-refractivity contribution is -0.141. The van der Waals surface area contributed by atoms with Crippen molar-refractivity contribution in [2.45, 2.75) is 43.1 Å². The van der Waals surface area contributed by atoms with E-state index in [0.717, 1.165) is 6.07 Å². The molecule has 0 spiro atoms. The summed E-state index contributed by atoms with van der Waals surface area (Å²) in [6.07, 6.45) is -2.76. The Labute approximate surface area is 147 Å². The molecule has 0 bridgehead atoms. The second-order valence-electron chi connectivity index (χ2n) is 5.74. The lowest BCUT2D eigenvalue weighted by Crippen LogP contribution is -2.33. The molecule has 8 nitrogen and oxygen atoms in total. The van der Waals surface area contributed by atoms with Crippen molar-refractivity contribution in [2.75, 3.05) is 7.11 Å². The summed E-state index contributed by atoms with van der Waals surface area (Å²) in [5, 5.41) is 4.24. The van der Waals surface area contributed by atoms with Crippen LogP contribution in [0, 0.1) is 0 Å². The summed E-state index contributed by atoms with van der Waals surface area (Å²) in [7, 11) is -2.56. The molecule has 1 aliphatic rings. The van der Waals surface area contributed by atoms with Gasteiger partial charge in [0, 0.05) is 19.9 Å². The molecule has 3 rings (SSSR count). The van der Waals surface area contributed by atoms with E-state index in [9.17, 15) is 21.6 Å². The van der Waals surface area contributed by atoms with Gasteiger partial charge in [-0.1, -0.05) is 0 Å². The topological polar surface area (TPSA) is 99.0 Å². The zero-order valence-corrected chi connectivity index (χ0v) is 14.5. The van der Waals surface area contributed by atoms with Crippen LogP contribution in [-0.4, -0.2) is 35.3 Å². The first-order chi connectivity index (χ1) is 12.2. The zero-order chi connectivity index (χ0) is 18.9. The predicted molar refractivity (Wildman–Crippen MR) is 82.3 cm³/mol. The fourth-order valence-corrected chi connectivity index (χ4v) is 3.84. The molecular formula is C14H16F3N5O3S. The third kappa shape index (κ3) is 3.86. The van der Waals surface area contributed by atoms with Crippen LogP contribution in [0.3, 0.4) is 0 Å². The highest BCUT2D eigenvalue weighted by Gasteiger charge is 2.33. The minimum absolute atomic E-state index is 0.197. The molecule has 0 amide bonds. The Balaban J connectivity index is 1.82. The number of pyridine rings is 1. The Hall–Kier alpha value is -2.05. The van der Waals surface area contributed by atoms with Gasteiger partial charge >= 0.3 is 6.18 Å². The maximum absolute atomic E-state index is 12.6. The van der Waals surface area contributed by atoms with Crippen molar-refractivity contribution in [3.63, 3.8) is 0 Å². The number of ether oxygens (including phenoxy) is 1. The molecule has 1 aliphatic heterocycles. The average molecular weight is 391 g/mol. The maximum Gasteiger partial charge on any atom is 0.433 e. The SMILES string of the molecule is COCc1nc2n(n1)CCCC2NS(=O)(=O)c1ccc(C(F)(F)F)nc1. The fraction of sp³-hybridized carbons (Fsp3) is 0.500. The Morgan fingerprint density at radius 2 is 2.15 bits per heavy atom. The summed E-state index contributed by atoms with van der Waals surface area (Å²) < 4.78 is 71.7. The molecule has 2 aromatic heterocycles. The van der Waals surface area contributed by atoms with Gasteiger partial charge in [-0.05, 0) is 25.0 Å². The number of fused-ring (bicyclic) bond motifs is 1. The zero-order valence-electron chi connectivity index (χ0n) is 13.7. The summed E-state index contributed by atoms with van der Waals surface area (Å²) in [4.78, 5) is 7.12. The molecule has 26 heavy (non-hydrogen) atoms. The smallest absolute Gasteiger partial charge is 0.377 e. The normalized spacial score (nSPS) is 17.9. The largest absolute Gasteiger partial charge is 0.433 e. The number of alkyl halides is 3. The van der Waals surface area contributed by atoms with E-state index in [4.69, 9.17) is 4.74 Å². The Kier molecular flexibility index (Phi) is 4.99. The third-order valence-corrected chi connectivity index (χ3v) is 5.28. The highest BCUT2D eigenvalue weighted by molar-refractivity contribution is 7.89. The van der Waals surface area contributed by atoms with Crippen LogP contribution in [0.2, 0.25) is 0 Å². The minimum Gasteiger partial charge on any atom is -0.377 e. The quantitative estimate of drug-likeness (QED) is 0.832. The van der Waals surface area contributed by atoms with Crippen LogP contribution >= 0.6 is 0 Å². The Morgan fingerprint density at radius 3 is 2.77 bits per heavy atom. The van der Waals surface area contributed by atoms with Crippen LogP contribution in [0.5, 0.6) is 0 Å². The first kappa shape index (κ1) is 18.7. The first-order valence-electron chi connectivity index (χ1n) is 7.69. The first-order valence-corrected chi connectivity index (χ1v) is 9.17. The predicted octanol–water partition coefficient (Wildman–Crippen LogP) is 1.65. The monoisotopic (exact) mass is 391 g/mol. The number of hydrogen-bond acceptors (Lipinski definition) is 6. The van der Waals surface area contributed by atoms with Crippen molar-refractivity contribution in [1.29, 1.82) is 0 Å². The fourth-order valence-electron chi connectivity index (χ4n) is 2.66. The lowest BCUT2D eigenvalue weighted by Gasteiger charge is -2.22. The molecule has 0 aliphatic carbocycles. The molecule has 0 aromatic carbocycles.